The number of para-hydroxylation sites is 1. The Morgan fingerprint density at radius 1 is 1.03 bits per heavy atom. The zero-order chi connectivity index (χ0) is 28.2. The molecular weight excluding hydrogens is 522 g/mol. The molecule has 0 radical (unpaired) electrons. The molecule has 0 spiro atoms. The SMILES string of the molecule is COc1cccc(OC)c1-n1c(NS(=O)(=O)C(C)C(OC)c2ccc(C#N)cn2)nnc1-c1cncc(C)c1. The second-order valence-corrected chi connectivity index (χ2v) is 10.6. The van der Waals surface area contributed by atoms with Gasteiger partial charge in [0.2, 0.25) is 16.0 Å². The van der Waals surface area contributed by atoms with Gasteiger partial charge in [0.1, 0.15) is 34.6 Å². The molecule has 4 aromatic rings. The summed E-state index contributed by atoms with van der Waals surface area (Å²) in [6, 6.07) is 12.1. The molecule has 0 aliphatic rings. The summed E-state index contributed by atoms with van der Waals surface area (Å²) in [6.07, 6.45) is 3.73. The fourth-order valence-electron chi connectivity index (χ4n) is 4.05. The van der Waals surface area contributed by atoms with E-state index in [-0.39, 0.29) is 5.95 Å². The molecule has 0 saturated carbocycles. The fraction of sp³-hybridized carbons (Fsp3) is 0.269. The summed E-state index contributed by atoms with van der Waals surface area (Å²) in [4.78, 5) is 8.46. The van der Waals surface area contributed by atoms with Gasteiger partial charge in [0, 0.05) is 31.3 Å². The van der Waals surface area contributed by atoms with Crippen molar-refractivity contribution in [2.45, 2.75) is 25.2 Å². The van der Waals surface area contributed by atoms with Gasteiger partial charge in [-0.3, -0.25) is 19.3 Å². The first kappa shape index (κ1) is 27.5. The van der Waals surface area contributed by atoms with E-state index >= 15 is 0 Å². The number of rotatable bonds is 10. The molecule has 1 N–H and O–H groups in total. The van der Waals surface area contributed by atoms with Gasteiger partial charge < -0.3 is 14.2 Å². The number of nitrogens with zero attached hydrogens (tertiary/aromatic N) is 6. The van der Waals surface area contributed by atoms with Gasteiger partial charge in [0.05, 0.1) is 25.5 Å². The number of aromatic nitrogens is 5. The van der Waals surface area contributed by atoms with Gasteiger partial charge >= 0.3 is 0 Å². The summed E-state index contributed by atoms with van der Waals surface area (Å²) in [5.41, 5.74) is 2.58. The van der Waals surface area contributed by atoms with Crippen molar-refractivity contribution in [2.24, 2.45) is 0 Å². The predicted octanol–water partition coefficient (Wildman–Crippen LogP) is 3.44. The van der Waals surface area contributed by atoms with E-state index in [0.29, 0.717) is 39.8 Å². The number of methoxy groups -OCH3 is 3. The number of aryl methyl sites for hydroxylation is 1. The third kappa shape index (κ3) is 5.52. The molecule has 4 rings (SSSR count). The van der Waals surface area contributed by atoms with Crippen molar-refractivity contribution in [1.29, 1.82) is 5.26 Å². The third-order valence-corrected chi connectivity index (χ3v) is 7.73. The van der Waals surface area contributed by atoms with Crippen molar-refractivity contribution in [3.8, 4) is 34.6 Å². The number of nitrogens with one attached hydrogen (secondary N) is 1. The lowest BCUT2D eigenvalue weighted by Crippen LogP contribution is -2.33. The number of anilines is 1. The highest BCUT2D eigenvalue weighted by atomic mass is 32.2. The number of hydrogen-bond acceptors (Lipinski definition) is 10. The molecule has 12 nitrogen and oxygen atoms in total. The van der Waals surface area contributed by atoms with Gasteiger partial charge in [0.15, 0.2) is 5.82 Å². The number of nitriles is 1. The predicted molar refractivity (Wildman–Crippen MR) is 143 cm³/mol. The Bertz CT molecular complexity index is 1590. The van der Waals surface area contributed by atoms with E-state index in [1.165, 1.54) is 39.0 Å². The van der Waals surface area contributed by atoms with Gasteiger partial charge in [-0.1, -0.05) is 6.07 Å². The van der Waals surface area contributed by atoms with Gasteiger partial charge in [0.25, 0.3) is 0 Å². The van der Waals surface area contributed by atoms with Crippen molar-refractivity contribution in [2.75, 3.05) is 26.1 Å². The van der Waals surface area contributed by atoms with E-state index in [1.54, 1.807) is 42.7 Å². The number of ether oxygens (including phenoxy) is 3. The average molecular weight is 550 g/mol. The van der Waals surface area contributed by atoms with Gasteiger partial charge in [-0.15, -0.1) is 10.2 Å². The molecule has 0 amide bonds. The van der Waals surface area contributed by atoms with Crippen LogP contribution in [-0.4, -0.2) is 59.7 Å². The van der Waals surface area contributed by atoms with Crippen LogP contribution in [0, 0.1) is 18.3 Å². The first-order valence-electron chi connectivity index (χ1n) is 11.7. The van der Waals surface area contributed by atoms with Crippen LogP contribution >= 0.6 is 0 Å². The van der Waals surface area contributed by atoms with Crippen molar-refractivity contribution < 1.29 is 22.6 Å². The maximum Gasteiger partial charge on any atom is 0.243 e. The largest absolute Gasteiger partial charge is 0.494 e. The zero-order valence-electron chi connectivity index (χ0n) is 22.0. The quantitative estimate of drug-likeness (QED) is 0.311. The Balaban J connectivity index is 1.83. The van der Waals surface area contributed by atoms with E-state index in [0.717, 1.165) is 5.56 Å². The van der Waals surface area contributed by atoms with Crippen LogP contribution in [0.25, 0.3) is 17.1 Å². The second kappa shape index (κ2) is 11.5. The molecule has 0 aliphatic heterocycles. The normalized spacial score (nSPS) is 12.8. The van der Waals surface area contributed by atoms with Crippen LogP contribution in [0.15, 0.2) is 55.0 Å². The topological polar surface area (TPSA) is 154 Å². The molecule has 0 fully saturated rings. The van der Waals surface area contributed by atoms with Crippen molar-refractivity contribution in [1.82, 2.24) is 24.7 Å². The van der Waals surface area contributed by atoms with Crippen LogP contribution in [0.4, 0.5) is 5.95 Å². The Labute approximate surface area is 226 Å². The second-order valence-electron chi connectivity index (χ2n) is 8.54. The van der Waals surface area contributed by atoms with Gasteiger partial charge in [-0.05, 0) is 49.7 Å². The molecule has 2 unspecified atom stereocenters. The lowest BCUT2D eigenvalue weighted by atomic mass is 10.1. The molecule has 2 atom stereocenters. The fourth-order valence-corrected chi connectivity index (χ4v) is 5.20. The molecule has 3 aromatic heterocycles. The number of hydrogen-bond donors (Lipinski definition) is 1. The summed E-state index contributed by atoms with van der Waals surface area (Å²) in [7, 11) is 0.247. The number of pyridine rings is 2. The summed E-state index contributed by atoms with van der Waals surface area (Å²) < 4.78 is 48.1. The first-order chi connectivity index (χ1) is 18.7. The Kier molecular flexibility index (Phi) is 8.08. The standard InChI is InChI=1S/C26H27N7O5S/c1-16-11-19(15-28-13-16)25-30-31-26(33(25)23-21(36-3)7-6-8-22(23)37-4)32-39(34,35)17(2)24(38-5)20-10-9-18(12-27)14-29-20/h6-11,13-15,17,24H,1-5H3,(H,31,32). The summed E-state index contributed by atoms with van der Waals surface area (Å²) in [6.45, 7) is 3.38. The molecule has 0 aliphatic carbocycles. The van der Waals surface area contributed by atoms with E-state index in [1.807, 2.05) is 19.1 Å². The lowest BCUT2D eigenvalue weighted by Gasteiger charge is -2.23. The van der Waals surface area contributed by atoms with Gasteiger partial charge in [-0.25, -0.2) is 8.42 Å². The maximum atomic E-state index is 13.7. The monoisotopic (exact) mass is 549 g/mol. The maximum absolute atomic E-state index is 13.7. The van der Waals surface area contributed by atoms with Crippen LogP contribution in [-0.2, 0) is 14.8 Å². The average Bonchev–Trinajstić information content (AvgIpc) is 3.35. The molecule has 3 heterocycles. The minimum Gasteiger partial charge on any atom is -0.494 e. The lowest BCUT2D eigenvalue weighted by molar-refractivity contribution is 0.0989. The van der Waals surface area contributed by atoms with Crippen LogP contribution in [0.5, 0.6) is 11.5 Å². The van der Waals surface area contributed by atoms with Crippen LogP contribution in [0.2, 0.25) is 0 Å². The van der Waals surface area contributed by atoms with E-state index < -0.39 is 21.4 Å². The summed E-state index contributed by atoms with van der Waals surface area (Å²) in [5.74, 6) is 1.03. The van der Waals surface area contributed by atoms with Gasteiger partial charge in [-0.2, -0.15) is 5.26 Å². The Hall–Kier alpha value is -4.54. The smallest absolute Gasteiger partial charge is 0.243 e. The molecule has 202 valence electrons. The summed E-state index contributed by atoms with van der Waals surface area (Å²) in [5, 5.41) is 16.4. The van der Waals surface area contributed by atoms with Crippen molar-refractivity contribution >= 4 is 16.0 Å². The van der Waals surface area contributed by atoms with E-state index in [9.17, 15) is 8.42 Å². The molecule has 0 saturated heterocycles. The van der Waals surface area contributed by atoms with Crippen LogP contribution in [0.3, 0.4) is 0 Å². The Morgan fingerprint density at radius 3 is 2.31 bits per heavy atom. The van der Waals surface area contributed by atoms with Crippen LogP contribution in [0.1, 0.15) is 29.8 Å². The molecule has 39 heavy (non-hydrogen) atoms. The number of sulfonamides is 1. The van der Waals surface area contributed by atoms with E-state index in [2.05, 4.69) is 24.9 Å². The first-order valence-corrected chi connectivity index (χ1v) is 13.3. The summed E-state index contributed by atoms with van der Waals surface area (Å²) >= 11 is 0. The number of benzene rings is 1. The molecule has 13 heteroatoms. The van der Waals surface area contributed by atoms with Crippen molar-refractivity contribution in [3.05, 3.63) is 71.8 Å². The molecule has 1 aromatic carbocycles. The minimum atomic E-state index is -4.14. The highest BCUT2D eigenvalue weighted by Crippen LogP contribution is 2.38. The van der Waals surface area contributed by atoms with Crippen LogP contribution < -0.4 is 14.2 Å². The molecular formula is C26H27N7O5S. The highest BCUT2D eigenvalue weighted by molar-refractivity contribution is 7.93. The minimum absolute atomic E-state index is 0.0937. The molecule has 0 bridgehead atoms. The third-order valence-electron chi connectivity index (χ3n) is 6.03. The highest BCUT2D eigenvalue weighted by Gasteiger charge is 2.34. The van der Waals surface area contributed by atoms with Crippen molar-refractivity contribution in [3.63, 3.8) is 0 Å². The zero-order valence-corrected chi connectivity index (χ0v) is 22.8. The Morgan fingerprint density at radius 2 is 1.74 bits per heavy atom. The van der Waals surface area contributed by atoms with E-state index in [4.69, 9.17) is 19.5 Å².